The number of aryl methyl sites for hydroxylation is 1. The molecular weight excluding hydrogens is 312 g/mol. The average molecular weight is 332 g/mol. The van der Waals surface area contributed by atoms with Crippen molar-refractivity contribution in [2.24, 2.45) is 0 Å². The second kappa shape index (κ2) is 6.78. The van der Waals surface area contributed by atoms with Crippen LogP contribution in [0.5, 0.6) is 0 Å². The molecule has 0 radical (unpaired) electrons. The van der Waals surface area contributed by atoms with Gasteiger partial charge in [0.1, 0.15) is 0 Å². The second-order valence-electron chi connectivity index (χ2n) is 5.79. The first-order valence-corrected chi connectivity index (χ1v) is 8.59. The van der Waals surface area contributed by atoms with Crippen LogP contribution in [0.2, 0.25) is 0 Å². The van der Waals surface area contributed by atoms with Crippen LogP contribution >= 0.6 is 11.3 Å². The van der Waals surface area contributed by atoms with E-state index >= 15 is 0 Å². The summed E-state index contributed by atoms with van der Waals surface area (Å²) < 4.78 is 0. The number of hydrogen-bond donors (Lipinski definition) is 2. The van der Waals surface area contributed by atoms with Gasteiger partial charge in [0, 0.05) is 16.5 Å². The fourth-order valence-electron chi connectivity index (χ4n) is 3.08. The third-order valence-corrected chi connectivity index (χ3v) is 5.10. The van der Waals surface area contributed by atoms with E-state index in [0.717, 1.165) is 29.1 Å². The molecule has 2 atom stereocenters. The van der Waals surface area contributed by atoms with Crippen molar-refractivity contribution >= 4 is 17.2 Å². The Kier molecular flexibility index (Phi) is 4.75. The molecule has 5 nitrogen and oxygen atoms in total. The first-order valence-electron chi connectivity index (χ1n) is 7.71. The lowest BCUT2D eigenvalue weighted by molar-refractivity contribution is 0.0521. The number of carbonyl (C=O) groups excluding carboxylic acids is 1. The zero-order valence-electron chi connectivity index (χ0n) is 13.0. The van der Waals surface area contributed by atoms with Crippen LogP contribution < -0.4 is 0 Å². The average Bonchev–Trinajstić information content (AvgIpc) is 3.20. The maximum Gasteiger partial charge on any atom is 0.254 e. The standard InChI is InChI=1S/C17H20N2O3S/c1-11-18-16(10-23-11)12-2-4-13(5-3-12)17(22)19-14(8-20)6-7-15(19)9-21/h2-5,10,14-15,20-21H,6-9H2,1H3/t14-,15-/m1/s1. The van der Waals surface area contributed by atoms with Gasteiger partial charge in [0.15, 0.2) is 0 Å². The highest BCUT2D eigenvalue weighted by molar-refractivity contribution is 7.09. The molecule has 6 heteroatoms. The van der Waals surface area contributed by atoms with Gasteiger partial charge in [-0.1, -0.05) is 12.1 Å². The summed E-state index contributed by atoms with van der Waals surface area (Å²) in [5.41, 5.74) is 2.46. The highest BCUT2D eigenvalue weighted by Crippen LogP contribution is 2.27. The predicted molar refractivity (Wildman–Crippen MR) is 89.4 cm³/mol. The summed E-state index contributed by atoms with van der Waals surface area (Å²) in [5, 5.41) is 21.9. The number of rotatable bonds is 4. The molecule has 2 heterocycles. The van der Waals surface area contributed by atoms with Crippen LogP contribution in [0, 0.1) is 6.92 Å². The molecule has 1 saturated heterocycles. The summed E-state index contributed by atoms with van der Waals surface area (Å²) in [7, 11) is 0. The van der Waals surface area contributed by atoms with E-state index in [0.29, 0.717) is 5.56 Å². The molecule has 1 aliphatic rings. The molecule has 0 saturated carbocycles. The van der Waals surface area contributed by atoms with Crippen LogP contribution in [-0.2, 0) is 0 Å². The van der Waals surface area contributed by atoms with Crippen molar-refractivity contribution in [3.05, 3.63) is 40.2 Å². The quantitative estimate of drug-likeness (QED) is 0.899. The van der Waals surface area contributed by atoms with Gasteiger partial charge in [0.05, 0.1) is 36.0 Å². The third kappa shape index (κ3) is 3.15. The third-order valence-electron chi connectivity index (χ3n) is 4.32. The molecule has 122 valence electrons. The number of aliphatic hydroxyl groups is 2. The highest BCUT2D eigenvalue weighted by atomic mass is 32.1. The minimum Gasteiger partial charge on any atom is -0.394 e. The van der Waals surface area contributed by atoms with E-state index < -0.39 is 0 Å². The first kappa shape index (κ1) is 16.1. The number of nitrogens with zero attached hydrogens (tertiary/aromatic N) is 2. The Labute approximate surface area is 139 Å². The van der Waals surface area contributed by atoms with Crippen molar-refractivity contribution < 1.29 is 15.0 Å². The van der Waals surface area contributed by atoms with Gasteiger partial charge in [-0.3, -0.25) is 4.79 Å². The maximum absolute atomic E-state index is 12.7. The number of hydrogen-bond acceptors (Lipinski definition) is 5. The lowest BCUT2D eigenvalue weighted by Crippen LogP contribution is -2.44. The normalized spacial score (nSPS) is 20.9. The van der Waals surface area contributed by atoms with Gasteiger partial charge in [-0.05, 0) is 31.9 Å². The van der Waals surface area contributed by atoms with Gasteiger partial charge in [-0.15, -0.1) is 11.3 Å². The van der Waals surface area contributed by atoms with E-state index in [1.807, 2.05) is 24.4 Å². The Balaban J connectivity index is 1.82. The van der Waals surface area contributed by atoms with E-state index in [1.165, 1.54) is 0 Å². The largest absolute Gasteiger partial charge is 0.394 e. The van der Waals surface area contributed by atoms with E-state index in [9.17, 15) is 15.0 Å². The Bertz CT molecular complexity index is 671. The Morgan fingerprint density at radius 3 is 2.30 bits per heavy atom. The number of likely N-dealkylation sites (tertiary alicyclic amines) is 1. The van der Waals surface area contributed by atoms with Crippen molar-refractivity contribution in [3.8, 4) is 11.3 Å². The van der Waals surface area contributed by atoms with Crippen molar-refractivity contribution in [3.63, 3.8) is 0 Å². The number of amides is 1. The molecule has 0 aliphatic carbocycles. The zero-order chi connectivity index (χ0) is 16.4. The number of aromatic nitrogens is 1. The van der Waals surface area contributed by atoms with Crippen molar-refractivity contribution in [1.29, 1.82) is 0 Å². The van der Waals surface area contributed by atoms with Gasteiger partial charge in [-0.2, -0.15) is 0 Å². The summed E-state index contributed by atoms with van der Waals surface area (Å²) in [6.45, 7) is 1.82. The maximum atomic E-state index is 12.7. The fourth-order valence-corrected chi connectivity index (χ4v) is 3.70. The van der Waals surface area contributed by atoms with E-state index in [2.05, 4.69) is 4.98 Å². The SMILES string of the molecule is Cc1nc(-c2ccc(C(=O)N3[C@@H](CO)CC[C@@H]3CO)cc2)cs1. The van der Waals surface area contributed by atoms with E-state index in [4.69, 9.17) is 0 Å². The Hall–Kier alpha value is -1.76. The van der Waals surface area contributed by atoms with Crippen molar-refractivity contribution in [1.82, 2.24) is 9.88 Å². The molecule has 1 aromatic heterocycles. The molecule has 1 aliphatic heterocycles. The minimum absolute atomic E-state index is 0.0710. The fraction of sp³-hybridized carbons (Fsp3) is 0.412. The number of aliphatic hydroxyl groups excluding tert-OH is 2. The highest BCUT2D eigenvalue weighted by Gasteiger charge is 2.36. The molecule has 3 rings (SSSR count). The monoisotopic (exact) mass is 332 g/mol. The van der Waals surface area contributed by atoms with Crippen LogP contribution in [0.25, 0.3) is 11.3 Å². The number of thiazole rings is 1. The van der Waals surface area contributed by atoms with Crippen LogP contribution in [-0.4, -0.2) is 51.3 Å². The smallest absolute Gasteiger partial charge is 0.254 e. The minimum atomic E-state index is -0.208. The topological polar surface area (TPSA) is 73.7 Å². The van der Waals surface area contributed by atoms with E-state index in [-0.39, 0.29) is 31.2 Å². The molecule has 1 fully saturated rings. The van der Waals surface area contributed by atoms with Crippen LogP contribution in [0.4, 0.5) is 0 Å². The van der Waals surface area contributed by atoms with Gasteiger partial charge in [-0.25, -0.2) is 4.98 Å². The molecule has 0 unspecified atom stereocenters. The molecule has 0 bridgehead atoms. The van der Waals surface area contributed by atoms with Crippen molar-refractivity contribution in [2.45, 2.75) is 31.8 Å². The summed E-state index contributed by atoms with van der Waals surface area (Å²) in [5.74, 6) is -0.137. The van der Waals surface area contributed by atoms with Crippen LogP contribution in [0.1, 0.15) is 28.2 Å². The van der Waals surface area contributed by atoms with Gasteiger partial charge < -0.3 is 15.1 Å². The predicted octanol–water partition coefficient (Wildman–Crippen LogP) is 2.08. The molecule has 1 amide bonds. The number of benzene rings is 1. The van der Waals surface area contributed by atoms with Gasteiger partial charge in [0.2, 0.25) is 0 Å². The zero-order valence-corrected chi connectivity index (χ0v) is 13.8. The lowest BCUT2D eigenvalue weighted by atomic mass is 10.1. The van der Waals surface area contributed by atoms with Crippen LogP contribution in [0.3, 0.4) is 0 Å². The molecular formula is C17H20N2O3S. The summed E-state index contributed by atoms with van der Waals surface area (Å²) in [4.78, 5) is 18.8. The molecule has 2 aromatic rings. The van der Waals surface area contributed by atoms with Gasteiger partial charge in [0.25, 0.3) is 5.91 Å². The second-order valence-corrected chi connectivity index (χ2v) is 6.85. The Morgan fingerprint density at radius 2 is 1.83 bits per heavy atom. The molecule has 23 heavy (non-hydrogen) atoms. The van der Waals surface area contributed by atoms with E-state index in [1.54, 1.807) is 28.4 Å². The molecule has 2 N–H and O–H groups in total. The van der Waals surface area contributed by atoms with Crippen LogP contribution in [0.15, 0.2) is 29.6 Å². The molecule has 0 spiro atoms. The van der Waals surface area contributed by atoms with Crippen molar-refractivity contribution in [2.75, 3.05) is 13.2 Å². The summed E-state index contributed by atoms with van der Waals surface area (Å²) >= 11 is 1.59. The van der Waals surface area contributed by atoms with Gasteiger partial charge >= 0.3 is 0 Å². The summed E-state index contributed by atoms with van der Waals surface area (Å²) in [6.07, 6.45) is 1.45. The molecule has 1 aromatic carbocycles. The Morgan fingerprint density at radius 1 is 1.22 bits per heavy atom. The number of carbonyl (C=O) groups is 1. The first-order chi connectivity index (χ1) is 11.1. The summed E-state index contributed by atoms with van der Waals surface area (Å²) in [6, 6.07) is 6.93. The lowest BCUT2D eigenvalue weighted by Gasteiger charge is -2.28.